The van der Waals surface area contributed by atoms with E-state index in [9.17, 15) is 0 Å². The van der Waals surface area contributed by atoms with Crippen molar-refractivity contribution in [2.45, 2.75) is 33.2 Å². The number of hydrogen-bond donors (Lipinski definition) is 0. The predicted octanol–water partition coefficient (Wildman–Crippen LogP) is 1.65. The van der Waals surface area contributed by atoms with Crippen LogP contribution < -0.4 is 0 Å². The summed E-state index contributed by atoms with van der Waals surface area (Å²) in [5.74, 6) is 0. The first-order valence-corrected chi connectivity index (χ1v) is 5.28. The Labute approximate surface area is 86.6 Å². The highest BCUT2D eigenvalue weighted by atomic mass is 16.5. The molecular weight excluding hydrogens is 176 g/mol. The molecule has 0 aromatic heterocycles. The van der Waals surface area contributed by atoms with Gasteiger partial charge in [-0.1, -0.05) is 0 Å². The highest BCUT2D eigenvalue weighted by Crippen LogP contribution is 2.20. The summed E-state index contributed by atoms with van der Waals surface area (Å²) in [5.41, 5.74) is -0.196. The van der Waals surface area contributed by atoms with E-state index in [0.29, 0.717) is 6.04 Å². The molecular formula is C11H20N2O. The minimum atomic E-state index is -0.196. The van der Waals surface area contributed by atoms with Crippen molar-refractivity contribution in [1.29, 1.82) is 5.26 Å². The van der Waals surface area contributed by atoms with E-state index in [1.165, 1.54) is 0 Å². The fourth-order valence-electron chi connectivity index (χ4n) is 1.57. The van der Waals surface area contributed by atoms with Gasteiger partial charge in [0.2, 0.25) is 0 Å². The van der Waals surface area contributed by atoms with Crippen LogP contribution in [0.5, 0.6) is 0 Å². The van der Waals surface area contributed by atoms with Crippen LogP contribution in [-0.4, -0.2) is 37.2 Å². The first kappa shape index (κ1) is 11.5. The summed E-state index contributed by atoms with van der Waals surface area (Å²) in [6.07, 6.45) is 0.938. The van der Waals surface area contributed by atoms with E-state index < -0.39 is 0 Å². The molecule has 0 saturated carbocycles. The van der Waals surface area contributed by atoms with Crippen molar-refractivity contribution in [3.63, 3.8) is 0 Å². The van der Waals surface area contributed by atoms with E-state index >= 15 is 0 Å². The smallest absolute Gasteiger partial charge is 0.0684 e. The molecule has 1 aliphatic heterocycles. The quantitative estimate of drug-likeness (QED) is 0.688. The van der Waals surface area contributed by atoms with E-state index in [2.05, 4.69) is 17.9 Å². The summed E-state index contributed by atoms with van der Waals surface area (Å²) in [6, 6.07) is 2.84. The summed E-state index contributed by atoms with van der Waals surface area (Å²) in [5, 5.41) is 8.90. The molecule has 0 amide bonds. The maximum atomic E-state index is 8.90. The highest BCUT2D eigenvalue weighted by molar-refractivity contribution is 4.92. The molecule has 1 fully saturated rings. The molecule has 0 aliphatic carbocycles. The second kappa shape index (κ2) is 4.77. The monoisotopic (exact) mass is 196 g/mol. The average Bonchev–Trinajstić information content (AvgIpc) is 2.17. The van der Waals surface area contributed by atoms with Crippen LogP contribution in [-0.2, 0) is 4.74 Å². The average molecular weight is 196 g/mol. The van der Waals surface area contributed by atoms with Gasteiger partial charge in [0.1, 0.15) is 0 Å². The van der Waals surface area contributed by atoms with Gasteiger partial charge in [-0.05, 0) is 27.2 Å². The van der Waals surface area contributed by atoms with Gasteiger partial charge in [0.05, 0.1) is 24.7 Å². The largest absolute Gasteiger partial charge is 0.379 e. The highest BCUT2D eigenvalue weighted by Gasteiger charge is 2.22. The van der Waals surface area contributed by atoms with Gasteiger partial charge in [-0.25, -0.2) is 0 Å². The van der Waals surface area contributed by atoms with Gasteiger partial charge in [0.25, 0.3) is 0 Å². The number of nitrogens with zero attached hydrogens (tertiary/aromatic N) is 2. The zero-order valence-electron chi connectivity index (χ0n) is 9.42. The van der Waals surface area contributed by atoms with Crippen LogP contribution in [0.15, 0.2) is 0 Å². The zero-order chi connectivity index (χ0) is 10.6. The number of ether oxygens (including phenoxy) is 1. The lowest BCUT2D eigenvalue weighted by atomic mass is 9.91. The molecule has 0 spiro atoms. The zero-order valence-corrected chi connectivity index (χ0v) is 9.42. The van der Waals surface area contributed by atoms with Crippen molar-refractivity contribution < 1.29 is 4.74 Å². The normalized spacial score (nSPS) is 24.6. The van der Waals surface area contributed by atoms with Gasteiger partial charge in [-0.3, -0.25) is 4.90 Å². The molecule has 3 nitrogen and oxygen atoms in total. The fraction of sp³-hybridized carbons (Fsp3) is 0.909. The van der Waals surface area contributed by atoms with Gasteiger partial charge in [0.15, 0.2) is 0 Å². The van der Waals surface area contributed by atoms with Gasteiger partial charge in [-0.2, -0.15) is 5.26 Å². The van der Waals surface area contributed by atoms with Crippen LogP contribution in [0, 0.1) is 16.7 Å². The minimum absolute atomic E-state index is 0.196. The van der Waals surface area contributed by atoms with Crippen molar-refractivity contribution in [3.05, 3.63) is 0 Å². The minimum Gasteiger partial charge on any atom is -0.379 e. The third-order valence-electron chi connectivity index (χ3n) is 2.83. The Bertz CT molecular complexity index is 220. The summed E-state index contributed by atoms with van der Waals surface area (Å²) in [7, 11) is 0. The van der Waals surface area contributed by atoms with Gasteiger partial charge in [0, 0.05) is 19.1 Å². The van der Waals surface area contributed by atoms with Crippen LogP contribution in [0.2, 0.25) is 0 Å². The lowest BCUT2D eigenvalue weighted by Crippen LogP contribution is -2.44. The van der Waals surface area contributed by atoms with Crippen molar-refractivity contribution in [3.8, 4) is 6.07 Å². The van der Waals surface area contributed by atoms with E-state index in [4.69, 9.17) is 10.00 Å². The van der Waals surface area contributed by atoms with E-state index in [-0.39, 0.29) is 5.41 Å². The van der Waals surface area contributed by atoms with Crippen molar-refractivity contribution in [2.75, 3.05) is 26.3 Å². The Kier molecular flexibility index (Phi) is 3.91. The SMILES string of the molecule is CC1COCCN1CCC(C)(C)C#N. The Morgan fingerprint density at radius 3 is 2.86 bits per heavy atom. The lowest BCUT2D eigenvalue weighted by Gasteiger charge is -2.34. The van der Waals surface area contributed by atoms with Gasteiger partial charge in [-0.15, -0.1) is 0 Å². The predicted molar refractivity (Wildman–Crippen MR) is 55.9 cm³/mol. The molecule has 1 atom stereocenters. The molecule has 80 valence electrons. The number of morpholine rings is 1. The van der Waals surface area contributed by atoms with Crippen LogP contribution in [0.1, 0.15) is 27.2 Å². The van der Waals surface area contributed by atoms with E-state index in [0.717, 1.165) is 32.7 Å². The van der Waals surface area contributed by atoms with Gasteiger partial charge < -0.3 is 4.74 Å². The van der Waals surface area contributed by atoms with Crippen molar-refractivity contribution in [2.24, 2.45) is 5.41 Å². The molecule has 0 N–H and O–H groups in total. The summed E-state index contributed by atoms with van der Waals surface area (Å²) in [6.45, 7) is 9.84. The molecule has 3 heteroatoms. The Morgan fingerprint density at radius 1 is 1.57 bits per heavy atom. The Balaban J connectivity index is 2.33. The molecule has 0 radical (unpaired) electrons. The number of rotatable bonds is 3. The number of hydrogen-bond acceptors (Lipinski definition) is 3. The topological polar surface area (TPSA) is 36.3 Å². The molecule has 1 heterocycles. The van der Waals surface area contributed by atoms with Crippen LogP contribution in [0.25, 0.3) is 0 Å². The summed E-state index contributed by atoms with van der Waals surface area (Å²) >= 11 is 0. The van der Waals surface area contributed by atoms with Gasteiger partial charge >= 0.3 is 0 Å². The van der Waals surface area contributed by atoms with Crippen molar-refractivity contribution >= 4 is 0 Å². The maximum absolute atomic E-state index is 8.90. The molecule has 1 unspecified atom stereocenters. The molecule has 0 aromatic carbocycles. The Morgan fingerprint density at radius 2 is 2.29 bits per heavy atom. The molecule has 0 aromatic rings. The van der Waals surface area contributed by atoms with E-state index in [1.54, 1.807) is 0 Å². The number of nitriles is 1. The molecule has 0 bridgehead atoms. The maximum Gasteiger partial charge on any atom is 0.0684 e. The Hall–Kier alpha value is -0.590. The standard InChI is InChI=1S/C11H20N2O/c1-10-8-14-7-6-13(10)5-4-11(2,3)9-12/h10H,4-8H2,1-3H3. The molecule has 1 aliphatic rings. The molecule has 14 heavy (non-hydrogen) atoms. The second-order valence-corrected chi connectivity index (χ2v) is 4.71. The first-order valence-electron chi connectivity index (χ1n) is 5.28. The van der Waals surface area contributed by atoms with Crippen LogP contribution >= 0.6 is 0 Å². The summed E-state index contributed by atoms with van der Waals surface area (Å²) < 4.78 is 5.36. The lowest BCUT2D eigenvalue weighted by molar-refractivity contribution is -0.00333. The third-order valence-corrected chi connectivity index (χ3v) is 2.83. The van der Waals surface area contributed by atoms with Crippen LogP contribution in [0.3, 0.4) is 0 Å². The van der Waals surface area contributed by atoms with Crippen molar-refractivity contribution in [1.82, 2.24) is 4.90 Å². The molecule has 1 rings (SSSR count). The summed E-state index contributed by atoms with van der Waals surface area (Å²) in [4.78, 5) is 2.41. The van der Waals surface area contributed by atoms with Crippen LogP contribution in [0.4, 0.5) is 0 Å². The third kappa shape index (κ3) is 3.28. The van der Waals surface area contributed by atoms with E-state index in [1.807, 2.05) is 13.8 Å². The second-order valence-electron chi connectivity index (χ2n) is 4.71. The molecule has 1 saturated heterocycles. The fourth-order valence-corrected chi connectivity index (χ4v) is 1.57. The first-order chi connectivity index (χ1) is 6.55.